The van der Waals surface area contributed by atoms with Crippen LogP contribution in [0.25, 0.3) is 0 Å². The lowest BCUT2D eigenvalue weighted by atomic mass is 10.2. The lowest BCUT2D eigenvalue weighted by Crippen LogP contribution is -2.25. The summed E-state index contributed by atoms with van der Waals surface area (Å²) in [7, 11) is 1.38. The molecule has 1 heterocycles. The molecule has 23 heavy (non-hydrogen) atoms. The number of hydrogen-bond donors (Lipinski definition) is 1. The summed E-state index contributed by atoms with van der Waals surface area (Å²) in [6.45, 7) is 3.55. The highest BCUT2D eigenvalue weighted by molar-refractivity contribution is 9.10. The molecule has 0 aliphatic heterocycles. The van der Waals surface area contributed by atoms with E-state index in [1.807, 2.05) is 6.92 Å². The Labute approximate surface area is 140 Å². The Bertz CT molecular complexity index is 759. The van der Waals surface area contributed by atoms with Gasteiger partial charge in [0.1, 0.15) is 11.8 Å². The summed E-state index contributed by atoms with van der Waals surface area (Å²) in [5, 5.41) is 17.6. The minimum Gasteiger partial charge on any atom is -0.494 e. The third kappa shape index (κ3) is 3.50. The number of methoxy groups -OCH3 is 1. The van der Waals surface area contributed by atoms with E-state index in [1.54, 1.807) is 17.8 Å². The van der Waals surface area contributed by atoms with Crippen molar-refractivity contribution in [1.29, 1.82) is 0 Å². The number of ether oxygens (including phenoxy) is 1. The summed E-state index contributed by atoms with van der Waals surface area (Å²) in [5.41, 5.74) is 1.07. The van der Waals surface area contributed by atoms with Crippen LogP contribution in [-0.2, 0) is 4.79 Å². The topological polar surface area (TPSA) is 99.3 Å². The second-order valence-electron chi connectivity index (χ2n) is 4.83. The van der Waals surface area contributed by atoms with E-state index in [4.69, 9.17) is 4.74 Å². The lowest BCUT2D eigenvalue weighted by molar-refractivity contribution is -0.384. The standard InChI is InChI=1S/C14H15BrN4O4/c1-8-11(15)7-16-18(8)9(2)14(20)17-12-5-4-10(19(21)22)6-13(12)23-3/h4-7,9H,1-3H3,(H,17,20). The second kappa shape index (κ2) is 6.78. The molecule has 0 saturated heterocycles. The van der Waals surface area contributed by atoms with Crippen molar-refractivity contribution in [3.8, 4) is 5.75 Å². The molecule has 0 fully saturated rings. The van der Waals surface area contributed by atoms with Gasteiger partial charge in [-0.15, -0.1) is 0 Å². The molecule has 0 aliphatic carbocycles. The van der Waals surface area contributed by atoms with Gasteiger partial charge in [-0.2, -0.15) is 5.10 Å². The van der Waals surface area contributed by atoms with E-state index in [-0.39, 0.29) is 17.3 Å². The monoisotopic (exact) mass is 382 g/mol. The molecule has 8 nitrogen and oxygen atoms in total. The van der Waals surface area contributed by atoms with Crippen LogP contribution in [0.1, 0.15) is 18.7 Å². The molecule has 0 bridgehead atoms. The second-order valence-corrected chi connectivity index (χ2v) is 5.68. The summed E-state index contributed by atoms with van der Waals surface area (Å²) >= 11 is 3.35. The van der Waals surface area contributed by atoms with Crippen LogP contribution in [0.2, 0.25) is 0 Å². The van der Waals surface area contributed by atoms with Gasteiger partial charge >= 0.3 is 0 Å². The van der Waals surface area contributed by atoms with E-state index in [9.17, 15) is 14.9 Å². The van der Waals surface area contributed by atoms with E-state index >= 15 is 0 Å². The number of halogens is 1. The zero-order valence-corrected chi connectivity index (χ0v) is 14.3. The Morgan fingerprint density at radius 2 is 2.22 bits per heavy atom. The maximum Gasteiger partial charge on any atom is 0.273 e. The van der Waals surface area contributed by atoms with E-state index < -0.39 is 11.0 Å². The minimum atomic E-state index is -0.554. The molecule has 122 valence electrons. The summed E-state index contributed by atoms with van der Waals surface area (Å²) < 4.78 is 7.49. The van der Waals surface area contributed by atoms with Gasteiger partial charge in [0.05, 0.1) is 40.2 Å². The van der Waals surface area contributed by atoms with Crippen molar-refractivity contribution in [2.75, 3.05) is 12.4 Å². The molecule has 1 atom stereocenters. The predicted molar refractivity (Wildman–Crippen MR) is 87.7 cm³/mol. The van der Waals surface area contributed by atoms with Gasteiger partial charge in [0, 0.05) is 6.07 Å². The first kappa shape index (κ1) is 16.9. The minimum absolute atomic E-state index is 0.111. The van der Waals surface area contributed by atoms with Crippen molar-refractivity contribution < 1.29 is 14.5 Å². The SMILES string of the molecule is COc1cc([N+](=O)[O-])ccc1NC(=O)C(C)n1ncc(Br)c1C. The van der Waals surface area contributed by atoms with Crippen molar-refractivity contribution in [2.24, 2.45) is 0 Å². The van der Waals surface area contributed by atoms with Crippen LogP contribution < -0.4 is 10.1 Å². The summed E-state index contributed by atoms with van der Waals surface area (Å²) in [6, 6.07) is 3.45. The van der Waals surface area contributed by atoms with Crippen LogP contribution in [0.3, 0.4) is 0 Å². The number of nitro benzene ring substituents is 1. The number of non-ortho nitro benzene ring substituents is 1. The largest absolute Gasteiger partial charge is 0.494 e. The number of nitro groups is 1. The fraction of sp³-hybridized carbons (Fsp3) is 0.286. The van der Waals surface area contributed by atoms with E-state index in [0.717, 1.165) is 10.2 Å². The molecule has 9 heteroatoms. The zero-order valence-electron chi connectivity index (χ0n) is 12.7. The number of nitrogens with zero attached hydrogens (tertiary/aromatic N) is 3. The highest BCUT2D eigenvalue weighted by Gasteiger charge is 2.20. The predicted octanol–water partition coefficient (Wildman–Crippen LogP) is 3.07. The van der Waals surface area contributed by atoms with Crippen LogP contribution in [0, 0.1) is 17.0 Å². The Kier molecular flexibility index (Phi) is 4.99. The number of carbonyl (C=O) groups is 1. The van der Waals surface area contributed by atoms with Gasteiger partial charge in [-0.3, -0.25) is 19.6 Å². The van der Waals surface area contributed by atoms with Gasteiger partial charge < -0.3 is 10.1 Å². The van der Waals surface area contributed by atoms with Gasteiger partial charge in [0.2, 0.25) is 5.91 Å². The zero-order chi connectivity index (χ0) is 17.1. The van der Waals surface area contributed by atoms with Gasteiger partial charge in [0.15, 0.2) is 0 Å². The molecule has 1 aromatic carbocycles. The van der Waals surface area contributed by atoms with E-state index in [2.05, 4.69) is 26.3 Å². The Morgan fingerprint density at radius 3 is 2.74 bits per heavy atom. The number of carbonyl (C=O) groups excluding carboxylic acids is 1. The van der Waals surface area contributed by atoms with Crippen LogP contribution in [0.15, 0.2) is 28.9 Å². The number of aromatic nitrogens is 2. The Hall–Kier alpha value is -2.42. The third-order valence-corrected chi connectivity index (χ3v) is 4.16. The van der Waals surface area contributed by atoms with Gasteiger partial charge in [-0.25, -0.2) is 0 Å². The van der Waals surface area contributed by atoms with E-state index in [1.165, 1.54) is 25.3 Å². The van der Waals surface area contributed by atoms with Crippen LogP contribution >= 0.6 is 15.9 Å². The summed E-state index contributed by atoms with van der Waals surface area (Å²) in [6.07, 6.45) is 1.62. The molecule has 1 unspecified atom stereocenters. The molecule has 0 aliphatic rings. The first-order valence-corrected chi connectivity index (χ1v) is 7.47. The van der Waals surface area contributed by atoms with Crippen LogP contribution in [0.5, 0.6) is 5.75 Å². The molecule has 1 N–H and O–H groups in total. The molecule has 0 radical (unpaired) electrons. The smallest absolute Gasteiger partial charge is 0.273 e. The Balaban J connectivity index is 2.23. The fourth-order valence-corrected chi connectivity index (χ4v) is 2.31. The first-order chi connectivity index (χ1) is 10.8. The average molecular weight is 383 g/mol. The van der Waals surface area contributed by atoms with Crippen molar-refractivity contribution in [2.45, 2.75) is 19.9 Å². The van der Waals surface area contributed by atoms with Crippen molar-refractivity contribution in [1.82, 2.24) is 9.78 Å². The number of rotatable bonds is 5. The number of benzene rings is 1. The first-order valence-electron chi connectivity index (χ1n) is 6.68. The third-order valence-electron chi connectivity index (χ3n) is 3.38. The van der Waals surface area contributed by atoms with Gasteiger partial charge in [-0.05, 0) is 35.8 Å². The Morgan fingerprint density at radius 1 is 1.52 bits per heavy atom. The molecule has 0 spiro atoms. The fourth-order valence-electron chi connectivity index (χ4n) is 2.04. The van der Waals surface area contributed by atoms with Crippen LogP contribution in [0.4, 0.5) is 11.4 Å². The maximum absolute atomic E-state index is 12.4. The number of nitrogens with one attached hydrogen (secondary N) is 1. The molecular weight excluding hydrogens is 368 g/mol. The van der Waals surface area contributed by atoms with Crippen LogP contribution in [-0.4, -0.2) is 27.7 Å². The normalized spacial score (nSPS) is 11.8. The summed E-state index contributed by atoms with van der Waals surface area (Å²) in [5.74, 6) is -0.0889. The average Bonchev–Trinajstić information content (AvgIpc) is 2.86. The molecular formula is C14H15BrN4O4. The molecule has 0 saturated carbocycles. The molecule has 2 aromatic rings. The molecule has 2 rings (SSSR count). The number of hydrogen-bond acceptors (Lipinski definition) is 5. The quantitative estimate of drug-likeness (QED) is 0.632. The highest BCUT2D eigenvalue weighted by Crippen LogP contribution is 2.29. The van der Waals surface area contributed by atoms with Crippen molar-refractivity contribution in [3.63, 3.8) is 0 Å². The molecule has 1 aromatic heterocycles. The highest BCUT2D eigenvalue weighted by atomic mass is 79.9. The van der Waals surface area contributed by atoms with E-state index in [0.29, 0.717) is 5.69 Å². The molecule has 1 amide bonds. The van der Waals surface area contributed by atoms with Gasteiger partial charge in [-0.1, -0.05) is 0 Å². The number of anilines is 1. The number of amides is 1. The maximum atomic E-state index is 12.4. The van der Waals surface area contributed by atoms with Gasteiger partial charge in [0.25, 0.3) is 5.69 Å². The lowest BCUT2D eigenvalue weighted by Gasteiger charge is -2.16. The van der Waals surface area contributed by atoms with Crippen molar-refractivity contribution >= 4 is 33.2 Å². The van der Waals surface area contributed by atoms with Crippen molar-refractivity contribution in [3.05, 3.63) is 44.7 Å². The summed E-state index contributed by atoms with van der Waals surface area (Å²) in [4.78, 5) is 22.6.